The minimum Gasteiger partial charge on any atom is -0.481 e. The molecule has 3 aromatic rings. The van der Waals surface area contributed by atoms with Crippen molar-refractivity contribution in [3.8, 4) is 5.75 Å². The summed E-state index contributed by atoms with van der Waals surface area (Å²) in [7, 11) is -3.71. The number of sulfonamides is 1. The van der Waals surface area contributed by atoms with E-state index in [2.05, 4.69) is 10.0 Å². The van der Waals surface area contributed by atoms with Crippen molar-refractivity contribution in [2.75, 3.05) is 10.0 Å². The number of carbonyl (C=O) groups is 1. The van der Waals surface area contributed by atoms with Crippen LogP contribution < -0.4 is 14.8 Å². The molecule has 0 aliphatic heterocycles. The third kappa shape index (κ3) is 5.39. The first-order valence-corrected chi connectivity index (χ1v) is 11.0. The Morgan fingerprint density at radius 2 is 1.53 bits per heavy atom. The summed E-state index contributed by atoms with van der Waals surface area (Å²) in [6.07, 6.45) is -0.713. The fraction of sp³-hybridized carbons (Fsp3) is 0.174. The van der Waals surface area contributed by atoms with Crippen LogP contribution in [-0.2, 0) is 14.8 Å². The number of amides is 1. The quantitative estimate of drug-likeness (QED) is 0.584. The van der Waals surface area contributed by atoms with E-state index in [-0.39, 0.29) is 10.8 Å². The molecule has 0 fully saturated rings. The summed E-state index contributed by atoms with van der Waals surface area (Å²) >= 11 is 0. The minimum atomic E-state index is -3.71. The van der Waals surface area contributed by atoms with Crippen molar-refractivity contribution >= 4 is 27.3 Å². The topological polar surface area (TPSA) is 84.5 Å². The molecule has 3 aromatic carbocycles. The van der Waals surface area contributed by atoms with Crippen molar-refractivity contribution < 1.29 is 17.9 Å². The van der Waals surface area contributed by atoms with E-state index in [0.29, 0.717) is 17.1 Å². The predicted octanol–water partition coefficient (Wildman–Crippen LogP) is 4.51. The van der Waals surface area contributed by atoms with Crippen LogP contribution >= 0.6 is 0 Å². The highest BCUT2D eigenvalue weighted by Gasteiger charge is 2.17. The summed E-state index contributed by atoms with van der Waals surface area (Å²) in [5.41, 5.74) is 3.19. The van der Waals surface area contributed by atoms with Gasteiger partial charge in [-0.3, -0.25) is 9.52 Å². The lowest BCUT2D eigenvalue weighted by atomic mass is 10.1. The van der Waals surface area contributed by atoms with E-state index in [0.717, 1.165) is 11.1 Å². The lowest BCUT2D eigenvalue weighted by Gasteiger charge is -2.16. The molecule has 7 heteroatoms. The fourth-order valence-electron chi connectivity index (χ4n) is 2.73. The van der Waals surface area contributed by atoms with Gasteiger partial charge in [-0.05, 0) is 80.4 Å². The smallest absolute Gasteiger partial charge is 0.265 e. The van der Waals surface area contributed by atoms with Gasteiger partial charge in [0.2, 0.25) is 0 Å². The molecule has 0 aliphatic rings. The zero-order valence-electron chi connectivity index (χ0n) is 17.0. The lowest BCUT2D eigenvalue weighted by Crippen LogP contribution is -2.30. The Morgan fingerprint density at radius 1 is 0.867 bits per heavy atom. The highest BCUT2D eigenvalue weighted by Crippen LogP contribution is 2.20. The largest absolute Gasteiger partial charge is 0.481 e. The van der Waals surface area contributed by atoms with Crippen LogP contribution in [0, 0.1) is 13.8 Å². The zero-order valence-corrected chi connectivity index (χ0v) is 17.9. The summed E-state index contributed by atoms with van der Waals surface area (Å²) in [4.78, 5) is 12.5. The fourth-order valence-corrected chi connectivity index (χ4v) is 3.79. The molecule has 0 spiro atoms. The average Bonchev–Trinajstić information content (AvgIpc) is 2.71. The number of ether oxygens (including phenoxy) is 1. The van der Waals surface area contributed by atoms with Gasteiger partial charge < -0.3 is 10.1 Å². The van der Waals surface area contributed by atoms with Crippen molar-refractivity contribution in [1.82, 2.24) is 0 Å². The molecule has 0 saturated carbocycles. The van der Waals surface area contributed by atoms with Crippen LogP contribution in [0.4, 0.5) is 11.4 Å². The highest BCUT2D eigenvalue weighted by molar-refractivity contribution is 7.92. The second kappa shape index (κ2) is 9.00. The standard InChI is InChI=1S/C23H24N2O4S/c1-16-9-12-21(15-17(16)2)29-18(3)23(26)24-19-10-13-22(14-11-19)30(27,28)25-20-7-5-4-6-8-20/h4-15,18,25H,1-3H3,(H,24,26)/t18-/m1/s1. The van der Waals surface area contributed by atoms with Crippen molar-refractivity contribution in [2.24, 2.45) is 0 Å². The van der Waals surface area contributed by atoms with Gasteiger partial charge in [-0.25, -0.2) is 8.42 Å². The molecule has 0 aromatic heterocycles. The van der Waals surface area contributed by atoms with Crippen LogP contribution in [0.2, 0.25) is 0 Å². The van der Waals surface area contributed by atoms with Crippen LogP contribution in [0.1, 0.15) is 18.1 Å². The Labute approximate surface area is 177 Å². The van der Waals surface area contributed by atoms with Crippen LogP contribution in [0.25, 0.3) is 0 Å². The molecule has 2 N–H and O–H groups in total. The molecule has 0 saturated heterocycles. The molecular formula is C23H24N2O4S. The van der Waals surface area contributed by atoms with Crippen LogP contribution in [0.3, 0.4) is 0 Å². The van der Waals surface area contributed by atoms with Gasteiger partial charge in [0.15, 0.2) is 6.10 Å². The molecular weight excluding hydrogens is 400 g/mol. The van der Waals surface area contributed by atoms with Gasteiger partial charge in [0, 0.05) is 11.4 Å². The summed E-state index contributed by atoms with van der Waals surface area (Å²) in [5.74, 6) is 0.292. The van der Waals surface area contributed by atoms with Crippen LogP contribution in [-0.4, -0.2) is 20.4 Å². The SMILES string of the molecule is Cc1ccc(O[C@H](C)C(=O)Nc2ccc(S(=O)(=O)Nc3ccccc3)cc2)cc1C. The number of carbonyl (C=O) groups excluding carboxylic acids is 1. The summed E-state index contributed by atoms with van der Waals surface area (Å²) in [6, 6.07) is 20.3. The van der Waals surface area contributed by atoms with Crippen molar-refractivity contribution in [1.29, 1.82) is 0 Å². The minimum absolute atomic E-state index is 0.101. The first-order chi connectivity index (χ1) is 14.2. The van der Waals surface area contributed by atoms with E-state index in [4.69, 9.17) is 4.74 Å². The second-order valence-electron chi connectivity index (χ2n) is 6.99. The molecule has 0 unspecified atom stereocenters. The maximum Gasteiger partial charge on any atom is 0.265 e. The number of aryl methyl sites for hydroxylation is 2. The Bertz CT molecular complexity index is 1130. The molecule has 0 heterocycles. The molecule has 0 aliphatic carbocycles. The molecule has 1 amide bonds. The van der Waals surface area contributed by atoms with Gasteiger partial charge in [-0.15, -0.1) is 0 Å². The summed E-state index contributed by atoms with van der Waals surface area (Å²) in [6.45, 7) is 5.65. The molecule has 0 bridgehead atoms. The number of rotatable bonds is 7. The van der Waals surface area contributed by atoms with E-state index in [9.17, 15) is 13.2 Å². The lowest BCUT2D eigenvalue weighted by molar-refractivity contribution is -0.122. The van der Waals surface area contributed by atoms with Gasteiger partial charge in [0.05, 0.1) is 4.90 Å². The number of anilines is 2. The maximum atomic E-state index is 12.5. The zero-order chi connectivity index (χ0) is 21.7. The third-order valence-corrected chi connectivity index (χ3v) is 6.02. The Kier molecular flexibility index (Phi) is 6.42. The number of nitrogens with one attached hydrogen (secondary N) is 2. The first kappa shape index (κ1) is 21.4. The van der Waals surface area contributed by atoms with Gasteiger partial charge in [0.25, 0.3) is 15.9 Å². The molecule has 30 heavy (non-hydrogen) atoms. The predicted molar refractivity (Wildman–Crippen MR) is 118 cm³/mol. The van der Waals surface area contributed by atoms with Gasteiger partial charge >= 0.3 is 0 Å². The Morgan fingerprint density at radius 3 is 2.17 bits per heavy atom. The molecule has 3 rings (SSSR count). The van der Waals surface area contributed by atoms with E-state index < -0.39 is 16.1 Å². The number of benzene rings is 3. The Hall–Kier alpha value is -3.32. The molecule has 1 atom stereocenters. The van der Waals surface area contributed by atoms with Gasteiger partial charge in [-0.1, -0.05) is 24.3 Å². The average molecular weight is 425 g/mol. The number of hydrogen-bond donors (Lipinski definition) is 2. The van der Waals surface area contributed by atoms with Crippen molar-refractivity contribution in [3.05, 3.63) is 83.9 Å². The Balaban J connectivity index is 1.63. The van der Waals surface area contributed by atoms with Crippen LogP contribution in [0.5, 0.6) is 5.75 Å². The number of para-hydroxylation sites is 1. The van der Waals surface area contributed by atoms with Crippen molar-refractivity contribution in [2.45, 2.75) is 31.8 Å². The number of hydrogen-bond acceptors (Lipinski definition) is 4. The van der Waals surface area contributed by atoms with Crippen molar-refractivity contribution in [3.63, 3.8) is 0 Å². The summed E-state index contributed by atoms with van der Waals surface area (Å²) < 4.78 is 33.2. The third-order valence-electron chi connectivity index (χ3n) is 4.62. The normalized spacial score (nSPS) is 12.1. The van der Waals surface area contributed by atoms with E-state index in [1.165, 1.54) is 12.1 Å². The second-order valence-corrected chi connectivity index (χ2v) is 8.67. The van der Waals surface area contributed by atoms with Gasteiger partial charge in [0.1, 0.15) is 5.75 Å². The van der Waals surface area contributed by atoms with Crippen LogP contribution in [0.15, 0.2) is 77.7 Å². The summed E-state index contributed by atoms with van der Waals surface area (Å²) in [5, 5.41) is 2.74. The van der Waals surface area contributed by atoms with E-state index in [1.807, 2.05) is 32.0 Å². The first-order valence-electron chi connectivity index (χ1n) is 9.47. The monoisotopic (exact) mass is 424 g/mol. The highest BCUT2D eigenvalue weighted by atomic mass is 32.2. The molecule has 0 radical (unpaired) electrons. The molecule has 156 valence electrons. The molecule has 6 nitrogen and oxygen atoms in total. The van der Waals surface area contributed by atoms with E-state index >= 15 is 0 Å². The van der Waals surface area contributed by atoms with Gasteiger partial charge in [-0.2, -0.15) is 0 Å². The maximum absolute atomic E-state index is 12.5. The van der Waals surface area contributed by atoms with E-state index in [1.54, 1.807) is 49.4 Å².